The summed E-state index contributed by atoms with van der Waals surface area (Å²) < 4.78 is 10.3. The molecule has 0 radical (unpaired) electrons. The van der Waals surface area contributed by atoms with Crippen molar-refractivity contribution in [1.82, 2.24) is 0 Å². The first-order valence-corrected chi connectivity index (χ1v) is 5.51. The Morgan fingerprint density at radius 3 is 2.50 bits per heavy atom. The number of halogens is 1. The van der Waals surface area contributed by atoms with Crippen LogP contribution >= 0.6 is 11.6 Å². The third-order valence-corrected chi connectivity index (χ3v) is 2.95. The second-order valence-corrected chi connectivity index (χ2v) is 4.24. The molecule has 0 unspecified atom stereocenters. The van der Waals surface area contributed by atoms with Gasteiger partial charge in [0.15, 0.2) is 17.3 Å². The summed E-state index contributed by atoms with van der Waals surface area (Å²) >= 11 is 6.03. The van der Waals surface area contributed by atoms with Crippen LogP contribution in [0.3, 0.4) is 0 Å². The first kappa shape index (κ1) is 11.3. The molecule has 1 aliphatic carbocycles. The molecule has 1 aliphatic rings. The molecule has 1 fully saturated rings. The second kappa shape index (κ2) is 4.34. The largest absolute Gasteiger partial charge is 0.493 e. The van der Waals surface area contributed by atoms with E-state index in [9.17, 15) is 4.79 Å². The van der Waals surface area contributed by atoms with E-state index in [-0.39, 0.29) is 11.7 Å². The molecule has 0 aromatic heterocycles. The Morgan fingerprint density at radius 1 is 1.31 bits per heavy atom. The number of hydrogen-bond acceptors (Lipinski definition) is 3. The maximum atomic E-state index is 11.9. The molecular weight excluding hydrogens is 228 g/mol. The van der Waals surface area contributed by atoms with Gasteiger partial charge in [-0.1, -0.05) is 11.6 Å². The highest BCUT2D eigenvalue weighted by Gasteiger charge is 2.31. The van der Waals surface area contributed by atoms with Gasteiger partial charge in [0.05, 0.1) is 19.2 Å². The number of methoxy groups -OCH3 is 2. The Bertz CT molecular complexity index is 425. The number of rotatable bonds is 4. The van der Waals surface area contributed by atoms with Crippen molar-refractivity contribution in [3.05, 3.63) is 22.7 Å². The minimum atomic E-state index is 0.142. The number of ketones is 1. The summed E-state index contributed by atoms with van der Waals surface area (Å²) in [5, 5.41) is 0.408. The second-order valence-electron chi connectivity index (χ2n) is 3.83. The van der Waals surface area contributed by atoms with Gasteiger partial charge in [0.2, 0.25) is 0 Å². The van der Waals surface area contributed by atoms with E-state index in [4.69, 9.17) is 21.1 Å². The Balaban J connectivity index is 2.40. The molecule has 0 heterocycles. The minimum Gasteiger partial charge on any atom is -0.493 e. The molecule has 16 heavy (non-hydrogen) atoms. The highest BCUT2D eigenvalue weighted by Crippen LogP contribution is 2.39. The zero-order valence-electron chi connectivity index (χ0n) is 9.25. The fourth-order valence-electron chi connectivity index (χ4n) is 1.64. The van der Waals surface area contributed by atoms with Crippen molar-refractivity contribution >= 4 is 17.4 Å². The van der Waals surface area contributed by atoms with Gasteiger partial charge in [-0.05, 0) is 25.0 Å². The molecule has 0 spiro atoms. The van der Waals surface area contributed by atoms with Crippen molar-refractivity contribution in [2.45, 2.75) is 12.8 Å². The Labute approximate surface area is 99.3 Å². The van der Waals surface area contributed by atoms with E-state index in [1.54, 1.807) is 12.1 Å². The van der Waals surface area contributed by atoms with Crippen LogP contribution in [0.2, 0.25) is 5.02 Å². The molecule has 1 aromatic rings. The number of hydrogen-bond donors (Lipinski definition) is 0. The van der Waals surface area contributed by atoms with E-state index in [0.717, 1.165) is 12.8 Å². The first-order chi connectivity index (χ1) is 7.67. The first-order valence-electron chi connectivity index (χ1n) is 5.13. The molecule has 2 rings (SSSR count). The van der Waals surface area contributed by atoms with E-state index in [1.165, 1.54) is 14.2 Å². The lowest BCUT2D eigenvalue weighted by molar-refractivity contribution is 0.0967. The van der Waals surface area contributed by atoms with Crippen LogP contribution in [0.1, 0.15) is 23.2 Å². The molecule has 0 saturated heterocycles. The van der Waals surface area contributed by atoms with Crippen molar-refractivity contribution in [2.75, 3.05) is 14.2 Å². The molecule has 0 bridgehead atoms. The van der Waals surface area contributed by atoms with Crippen molar-refractivity contribution < 1.29 is 14.3 Å². The van der Waals surface area contributed by atoms with Crippen LogP contribution in [0, 0.1) is 5.92 Å². The van der Waals surface area contributed by atoms with Crippen LogP contribution in [0.5, 0.6) is 11.5 Å². The lowest BCUT2D eigenvalue weighted by atomic mass is 10.1. The van der Waals surface area contributed by atoms with Crippen molar-refractivity contribution in [3.8, 4) is 11.5 Å². The summed E-state index contributed by atoms with van der Waals surface area (Å²) in [5.41, 5.74) is 0.602. The van der Waals surface area contributed by atoms with Gasteiger partial charge in [-0.3, -0.25) is 4.79 Å². The Kier molecular flexibility index (Phi) is 3.06. The van der Waals surface area contributed by atoms with Gasteiger partial charge in [-0.2, -0.15) is 0 Å². The number of benzene rings is 1. The highest BCUT2D eigenvalue weighted by molar-refractivity contribution is 6.32. The van der Waals surface area contributed by atoms with Gasteiger partial charge < -0.3 is 9.47 Å². The van der Waals surface area contributed by atoms with E-state index >= 15 is 0 Å². The lowest BCUT2D eigenvalue weighted by Crippen LogP contribution is -2.03. The maximum Gasteiger partial charge on any atom is 0.179 e. The van der Waals surface area contributed by atoms with Crippen LogP contribution in [-0.2, 0) is 0 Å². The van der Waals surface area contributed by atoms with E-state index in [1.807, 2.05) is 0 Å². The molecule has 4 heteroatoms. The molecule has 0 amide bonds. The van der Waals surface area contributed by atoms with Crippen LogP contribution in [0.4, 0.5) is 0 Å². The summed E-state index contributed by atoms with van der Waals surface area (Å²) in [7, 11) is 3.05. The number of Topliss-reactive ketones (excluding diaryl/α,β-unsaturated/α-hetero) is 1. The average Bonchev–Trinajstić information content (AvgIpc) is 3.10. The zero-order valence-corrected chi connectivity index (χ0v) is 10.0. The monoisotopic (exact) mass is 240 g/mol. The maximum absolute atomic E-state index is 11.9. The summed E-state index contributed by atoms with van der Waals surface area (Å²) in [6.45, 7) is 0. The molecule has 0 N–H and O–H groups in total. The molecule has 3 nitrogen and oxygen atoms in total. The van der Waals surface area contributed by atoms with Crippen LogP contribution < -0.4 is 9.47 Å². The van der Waals surface area contributed by atoms with Gasteiger partial charge in [-0.25, -0.2) is 0 Å². The molecule has 1 saturated carbocycles. The zero-order chi connectivity index (χ0) is 11.7. The normalized spacial score (nSPS) is 14.7. The lowest BCUT2D eigenvalue weighted by Gasteiger charge is -2.11. The summed E-state index contributed by atoms with van der Waals surface area (Å²) in [6, 6.07) is 3.33. The smallest absolute Gasteiger partial charge is 0.179 e. The third-order valence-electron chi connectivity index (χ3n) is 2.67. The van der Waals surface area contributed by atoms with Crippen molar-refractivity contribution in [2.24, 2.45) is 5.92 Å². The molecule has 86 valence electrons. The van der Waals surface area contributed by atoms with Gasteiger partial charge in [0.1, 0.15) is 0 Å². The third kappa shape index (κ3) is 2.00. The number of carbonyl (C=O) groups is 1. The SMILES string of the molecule is COc1cc(C(=O)C2CC2)cc(Cl)c1OC. The van der Waals surface area contributed by atoms with E-state index < -0.39 is 0 Å². The Morgan fingerprint density at radius 2 is 2.00 bits per heavy atom. The summed E-state index contributed by atoms with van der Waals surface area (Å²) in [6.07, 6.45) is 1.95. The Hall–Kier alpha value is -1.22. The highest BCUT2D eigenvalue weighted by atomic mass is 35.5. The molecule has 0 atom stereocenters. The minimum absolute atomic E-state index is 0.142. The predicted molar refractivity (Wildman–Crippen MR) is 61.6 cm³/mol. The van der Waals surface area contributed by atoms with E-state index in [2.05, 4.69) is 0 Å². The standard InChI is InChI=1S/C12H13ClO3/c1-15-10-6-8(11(14)7-3-4-7)5-9(13)12(10)16-2/h5-7H,3-4H2,1-2H3. The van der Waals surface area contributed by atoms with Crippen LogP contribution in [0.15, 0.2) is 12.1 Å². The van der Waals surface area contributed by atoms with Crippen molar-refractivity contribution in [1.29, 1.82) is 0 Å². The number of carbonyl (C=O) groups excluding carboxylic acids is 1. The van der Waals surface area contributed by atoms with Crippen LogP contribution in [-0.4, -0.2) is 20.0 Å². The quantitative estimate of drug-likeness (QED) is 0.759. The molecule has 0 aliphatic heterocycles. The summed E-state index contributed by atoms with van der Waals surface area (Å²) in [4.78, 5) is 11.9. The van der Waals surface area contributed by atoms with E-state index in [0.29, 0.717) is 22.1 Å². The molecule has 1 aromatic carbocycles. The predicted octanol–water partition coefficient (Wildman–Crippen LogP) is 2.95. The number of ether oxygens (including phenoxy) is 2. The topological polar surface area (TPSA) is 35.5 Å². The summed E-state index contributed by atoms with van der Waals surface area (Å²) in [5.74, 6) is 1.28. The van der Waals surface area contributed by atoms with Gasteiger partial charge in [0, 0.05) is 11.5 Å². The van der Waals surface area contributed by atoms with Crippen LogP contribution in [0.25, 0.3) is 0 Å². The fraction of sp³-hybridized carbons (Fsp3) is 0.417. The average molecular weight is 241 g/mol. The van der Waals surface area contributed by atoms with Crippen molar-refractivity contribution in [3.63, 3.8) is 0 Å². The fourth-order valence-corrected chi connectivity index (χ4v) is 1.93. The van der Waals surface area contributed by atoms with Gasteiger partial charge in [-0.15, -0.1) is 0 Å². The van der Waals surface area contributed by atoms with Gasteiger partial charge in [0.25, 0.3) is 0 Å². The van der Waals surface area contributed by atoms with Gasteiger partial charge >= 0.3 is 0 Å². The molecular formula is C12H13ClO3.